The fraction of sp³-hybridized carbons (Fsp3) is 0.412. The average Bonchev–Trinajstić information content (AvgIpc) is 3.31. The van der Waals surface area contributed by atoms with Gasteiger partial charge in [0.2, 0.25) is 5.88 Å². The summed E-state index contributed by atoms with van der Waals surface area (Å²) in [6.07, 6.45) is 2.56. The van der Waals surface area contributed by atoms with Crippen LogP contribution in [0, 0.1) is 0 Å². The first-order valence-corrected chi connectivity index (χ1v) is 7.54. The average molecular weight is 283 g/mol. The van der Waals surface area contributed by atoms with Crippen molar-refractivity contribution in [2.45, 2.75) is 45.2 Å². The van der Waals surface area contributed by atoms with Gasteiger partial charge in [-0.05, 0) is 42.5 Å². The van der Waals surface area contributed by atoms with Crippen molar-refractivity contribution in [3.8, 4) is 11.6 Å². The van der Waals surface area contributed by atoms with Crippen LogP contribution in [0.1, 0.15) is 43.9 Å². The molecule has 1 heterocycles. The Bertz CT molecular complexity index is 574. The van der Waals surface area contributed by atoms with Gasteiger partial charge in [0.15, 0.2) is 0 Å². The Hall–Kier alpha value is -1.94. The second-order valence-electron chi connectivity index (χ2n) is 5.84. The van der Waals surface area contributed by atoms with Gasteiger partial charge in [-0.1, -0.05) is 26.0 Å². The smallest absolute Gasteiger partial charge is 0.238 e. The third kappa shape index (κ3) is 4.02. The molecule has 1 aliphatic rings. The molecule has 0 atom stereocenters. The zero-order chi connectivity index (χ0) is 14.7. The Morgan fingerprint density at radius 2 is 1.86 bits per heavy atom. The minimum absolute atomic E-state index is 0.525. The number of nitrogens with one attached hydrogen (secondary N) is 1. The third-order valence-corrected chi connectivity index (χ3v) is 3.61. The SMILES string of the molecule is CC(C)c1ccc(Oc2ccc(CNC3CC3)nn2)cc1. The summed E-state index contributed by atoms with van der Waals surface area (Å²) in [7, 11) is 0. The van der Waals surface area contributed by atoms with Crippen LogP contribution in [0.25, 0.3) is 0 Å². The van der Waals surface area contributed by atoms with Crippen LogP contribution >= 0.6 is 0 Å². The summed E-state index contributed by atoms with van der Waals surface area (Å²) in [5.41, 5.74) is 2.25. The zero-order valence-electron chi connectivity index (χ0n) is 12.5. The molecule has 21 heavy (non-hydrogen) atoms. The molecule has 1 fully saturated rings. The molecule has 4 heteroatoms. The summed E-state index contributed by atoms with van der Waals surface area (Å²) in [6, 6.07) is 12.6. The molecule has 0 spiro atoms. The maximum atomic E-state index is 5.71. The van der Waals surface area contributed by atoms with E-state index in [2.05, 4.69) is 41.5 Å². The van der Waals surface area contributed by atoms with Crippen LogP contribution in [0.5, 0.6) is 11.6 Å². The van der Waals surface area contributed by atoms with E-state index in [0.29, 0.717) is 17.8 Å². The Balaban J connectivity index is 1.58. The van der Waals surface area contributed by atoms with Crippen molar-refractivity contribution in [1.29, 1.82) is 0 Å². The molecule has 0 unspecified atom stereocenters. The topological polar surface area (TPSA) is 47.0 Å². The first-order chi connectivity index (χ1) is 10.2. The first-order valence-electron chi connectivity index (χ1n) is 7.54. The van der Waals surface area contributed by atoms with Gasteiger partial charge in [-0.3, -0.25) is 0 Å². The van der Waals surface area contributed by atoms with E-state index in [1.165, 1.54) is 18.4 Å². The van der Waals surface area contributed by atoms with Crippen LogP contribution in [0.15, 0.2) is 36.4 Å². The van der Waals surface area contributed by atoms with Crippen LogP contribution in [0.4, 0.5) is 0 Å². The van der Waals surface area contributed by atoms with Gasteiger partial charge in [0.1, 0.15) is 5.75 Å². The van der Waals surface area contributed by atoms with Gasteiger partial charge in [0.05, 0.1) is 5.69 Å². The highest BCUT2D eigenvalue weighted by atomic mass is 16.5. The van der Waals surface area contributed by atoms with Gasteiger partial charge in [-0.25, -0.2) is 0 Å². The summed E-state index contributed by atoms with van der Waals surface area (Å²) >= 11 is 0. The fourth-order valence-corrected chi connectivity index (χ4v) is 2.07. The Labute approximate surface area is 125 Å². The third-order valence-electron chi connectivity index (χ3n) is 3.61. The minimum atomic E-state index is 0.525. The minimum Gasteiger partial charge on any atom is -0.438 e. The van der Waals surface area contributed by atoms with Crippen LogP contribution in [0.2, 0.25) is 0 Å². The van der Waals surface area contributed by atoms with Gasteiger partial charge in [-0.2, -0.15) is 5.10 Å². The van der Waals surface area contributed by atoms with E-state index in [1.54, 1.807) is 0 Å². The molecular weight excluding hydrogens is 262 g/mol. The molecule has 1 aliphatic carbocycles. The molecule has 3 rings (SSSR count). The molecule has 4 nitrogen and oxygen atoms in total. The van der Waals surface area contributed by atoms with Gasteiger partial charge < -0.3 is 10.1 Å². The molecular formula is C17H21N3O. The predicted molar refractivity (Wildman–Crippen MR) is 82.5 cm³/mol. The van der Waals surface area contributed by atoms with Gasteiger partial charge in [0.25, 0.3) is 0 Å². The van der Waals surface area contributed by atoms with Crippen LogP contribution in [-0.4, -0.2) is 16.2 Å². The molecule has 1 saturated carbocycles. The lowest BCUT2D eigenvalue weighted by Crippen LogP contribution is -2.16. The quantitative estimate of drug-likeness (QED) is 0.879. The highest BCUT2D eigenvalue weighted by Gasteiger charge is 2.20. The number of nitrogens with zero attached hydrogens (tertiary/aromatic N) is 2. The number of aromatic nitrogens is 2. The zero-order valence-corrected chi connectivity index (χ0v) is 12.5. The highest BCUT2D eigenvalue weighted by molar-refractivity contribution is 5.31. The van der Waals surface area contributed by atoms with Crippen molar-refractivity contribution in [2.24, 2.45) is 0 Å². The van der Waals surface area contributed by atoms with Crippen LogP contribution < -0.4 is 10.1 Å². The van der Waals surface area contributed by atoms with E-state index in [9.17, 15) is 0 Å². The van der Waals surface area contributed by atoms with Crippen molar-refractivity contribution in [3.63, 3.8) is 0 Å². The number of benzene rings is 1. The number of rotatable bonds is 6. The summed E-state index contributed by atoms with van der Waals surface area (Å²) < 4.78 is 5.71. The molecule has 0 saturated heterocycles. The Morgan fingerprint density at radius 3 is 2.43 bits per heavy atom. The van der Waals surface area contributed by atoms with Crippen molar-refractivity contribution < 1.29 is 4.74 Å². The lowest BCUT2D eigenvalue weighted by molar-refractivity contribution is 0.453. The van der Waals surface area contributed by atoms with Crippen LogP contribution in [0.3, 0.4) is 0 Å². The summed E-state index contributed by atoms with van der Waals surface area (Å²) in [5, 5.41) is 11.7. The summed E-state index contributed by atoms with van der Waals surface area (Å²) in [5.74, 6) is 1.84. The van der Waals surface area contributed by atoms with Gasteiger partial charge in [-0.15, -0.1) is 5.10 Å². The molecule has 0 bridgehead atoms. The lowest BCUT2D eigenvalue weighted by Gasteiger charge is -2.08. The maximum absolute atomic E-state index is 5.71. The van der Waals surface area contributed by atoms with E-state index in [0.717, 1.165) is 18.0 Å². The molecule has 110 valence electrons. The molecule has 0 amide bonds. The van der Waals surface area contributed by atoms with Gasteiger partial charge in [0, 0.05) is 18.7 Å². The van der Waals surface area contributed by atoms with E-state index < -0.39 is 0 Å². The molecule has 1 N–H and O–H groups in total. The molecule has 1 aromatic carbocycles. The highest BCUT2D eigenvalue weighted by Crippen LogP contribution is 2.22. The molecule has 2 aromatic rings. The van der Waals surface area contributed by atoms with Crippen molar-refractivity contribution in [2.75, 3.05) is 0 Å². The van der Waals surface area contributed by atoms with Crippen molar-refractivity contribution >= 4 is 0 Å². The maximum Gasteiger partial charge on any atom is 0.238 e. The van der Waals surface area contributed by atoms with E-state index in [1.807, 2.05) is 24.3 Å². The fourth-order valence-electron chi connectivity index (χ4n) is 2.07. The van der Waals surface area contributed by atoms with E-state index in [4.69, 9.17) is 4.74 Å². The monoisotopic (exact) mass is 283 g/mol. The standard InChI is InChI=1S/C17H21N3O/c1-12(2)13-3-8-16(9-4-13)21-17-10-7-15(19-20-17)11-18-14-5-6-14/h3-4,7-10,12,14,18H,5-6,11H2,1-2H3. The molecule has 0 radical (unpaired) electrons. The largest absolute Gasteiger partial charge is 0.438 e. The van der Waals surface area contributed by atoms with Gasteiger partial charge >= 0.3 is 0 Å². The van der Waals surface area contributed by atoms with E-state index >= 15 is 0 Å². The summed E-state index contributed by atoms with van der Waals surface area (Å²) in [4.78, 5) is 0. The molecule has 1 aromatic heterocycles. The Morgan fingerprint density at radius 1 is 1.10 bits per heavy atom. The second-order valence-corrected chi connectivity index (χ2v) is 5.84. The second kappa shape index (κ2) is 6.22. The van der Waals surface area contributed by atoms with Crippen molar-refractivity contribution in [1.82, 2.24) is 15.5 Å². The predicted octanol–water partition coefficient (Wildman–Crippen LogP) is 3.64. The first kappa shape index (κ1) is 14.0. The number of hydrogen-bond acceptors (Lipinski definition) is 4. The molecule has 0 aliphatic heterocycles. The van der Waals surface area contributed by atoms with Crippen molar-refractivity contribution in [3.05, 3.63) is 47.7 Å². The Kier molecular flexibility index (Phi) is 4.15. The van der Waals surface area contributed by atoms with Crippen LogP contribution in [-0.2, 0) is 6.54 Å². The normalized spacial score (nSPS) is 14.4. The summed E-state index contributed by atoms with van der Waals surface area (Å²) in [6.45, 7) is 5.13. The van der Waals surface area contributed by atoms with E-state index in [-0.39, 0.29) is 0 Å². The number of ether oxygens (including phenoxy) is 1. The lowest BCUT2D eigenvalue weighted by atomic mass is 10.0. The number of hydrogen-bond donors (Lipinski definition) is 1.